The molecule has 2 unspecified atom stereocenters. The molecule has 6 nitrogen and oxygen atoms in total. The number of nitrogens with zero attached hydrogens (tertiary/aromatic N) is 1. The normalized spacial score (nSPS) is 26.7. The van der Waals surface area contributed by atoms with E-state index in [1.165, 1.54) is 19.3 Å². The first kappa shape index (κ1) is 18.0. The number of carboxylic acids is 1. The number of carbonyl (C=O) groups is 2. The van der Waals surface area contributed by atoms with Gasteiger partial charge in [-0.05, 0) is 32.1 Å². The quantitative estimate of drug-likeness (QED) is 0.734. The number of rotatable bonds is 6. The Morgan fingerprint density at radius 3 is 2.57 bits per heavy atom. The van der Waals surface area contributed by atoms with Gasteiger partial charge in [0.2, 0.25) is 0 Å². The predicted octanol–water partition coefficient (Wildman–Crippen LogP) is 2.97. The molecule has 2 atom stereocenters. The molecule has 1 amide bonds. The lowest BCUT2D eigenvalue weighted by molar-refractivity contribution is -0.147. The van der Waals surface area contributed by atoms with E-state index in [2.05, 4.69) is 10.2 Å². The molecule has 2 N–H and O–H groups in total. The molecule has 0 aromatic rings. The van der Waals surface area contributed by atoms with Crippen LogP contribution in [0, 0.1) is 5.92 Å². The number of aliphatic carboxylic acids is 1. The van der Waals surface area contributed by atoms with Gasteiger partial charge >= 0.3 is 12.1 Å². The minimum absolute atomic E-state index is 0.381. The van der Waals surface area contributed by atoms with Crippen LogP contribution in [0.15, 0.2) is 0 Å². The first-order chi connectivity index (χ1) is 11.1. The van der Waals surface area contributed by atoms with Gasteiger partial charge in [0.05, 0.1) is 18.7 Å². The lowest BCUT2D eigenvalue weighted by Gasteiger charge is -2.45. The third-order valence-electron chi connectivity index (χ3n) is 5.03. The second-order valence-corrected chi connectivity index (χ2v) is 6.70. The van der Waals surface area contributed by atoms with Crippen molar-refractivity contribution >= 4 is 12.1 Å². The number of alkyl carbamates (subject to hydrolysis) is 1. The maximum absolute atomic E-state index is 12.0. The number of piperidine rings is 1. The van der Waals surface area contributed by atoms with Crippen LogP contribution in [0.5, 0.6) is 0 Å². The predicted molar refractivity (Wildman–Crippen MR) is 87.1 cm³/mol. The largest absolute Gasteiger partial charge is 0.481 e. The zero-order valence-electron chi connectivity index (χ0n) is 14.1. The average Bonchev–Trinajstić information content (AvgIpc) is 2.56. The Hall–Kier alpha value is -1.30. The zero-order chi connectivity index (χ0) is 16.7. The van der Waals surface area contributed by atoms with E-state index in [-0.39, 0.29) is 0 Å². The molecule has 1 heterocycles. The van der Waals surface area contributed by atoms with Gasteiger partial charge in [-0.15, -0.1) is 0 Å². The van der Waals surface area contributed by atoms with Gasteiger partial charge in [-0.25, -0.2) is 4.79 Å². The Bertz CT molecular complexity index is 396. The van der Waals surface area contributed by atoms with Crippen LogP contribution < -0.4 is 5.32 Å². The van der Waals surface area contributed by atoms with Crippen molar-refractivity contribution in [3.05, 3.63) is 0 Å². The number of ether oxygens (including phenoxy) is 1. The number of unbranched alkanes of at least 4 members (excludes halogenated alkanes) is 1. The van der Waals surface area contributed by atoms with Gasteiger partial charge in [-0.3, -0.25) is 9.69 Å². The van der Waals surface area contributed by atoms with E-state index in [1.54, 1.807) is 0 Å². The lowest BCUT2D eigenvalue weighted by Crippen LogP contribution is -2.60. The van der Waals surface area contributed by atoms with E-state index in [9.17, 15) is 14.7 Å². The second-order valence-electron chi connectivity index (χ2n) is 6.70. The van der Waals surface area contributed by atoms with Crippen LogP contribution in [-0.2, 0) is 9.53 Å². The second kappa shape index (κ2) is 9.11. The summed E-state index contributed by atoms with van der Waals surface area (Å²) in [5, 5.41) is 12.4. The SMILES string of the molecule is CCCCOC(=O)NC1C(C(=O)O)CCCN1C1CCCCC1. The van der Waals surface area contributed by atoms with E-state index in [4.69, 9.17) is 4.74 Å². The summed E-state index contributed by atoms with van der Waals surface area (Å²) in [5.41, 5.74) is 0. The number of carbonyl (C=O) groups excluding carboxylic acids is 1. The molecule has 0 aromatic carbocycles. The number of hydrogen-bond acceptors (Lipinski definition) is 4. The van der Waals surface area contributed by atoms with Crippen LogP contribution in [0.25, 0.3) is 0 Å². The number of nitrogens with one attached hydrogen (secondary N) is 1. The first-order valence-corrected chi connectivity index (χ1v) is 9.05. The molecular formula is C17H30N2O4. The van der Waals surface area contributed by atoms with E-state index < -0.39 is 24.1 Å². The number of carboxylic acid groups (broad SMARTS) is 1. The molecule has 23 heavy (non-hydrogen) atoms. The number of hydrogen-bond donors (Lipinski definition) is 2. The maximum Gasteiger partial charge on any atom is 0.408 e. The van der Waals surface area contributed by atoms with E-state index >= 15 is 0 Å². The van der Waals surface area contributed by atoms with Crippen molar-refractivity contribution in [1.29, 1.82) is 0 Å². The third kappa shape index (κ3) is 5.09. The zero-order valence-corrected chi connectivity index (χ0v) is 14.1. The van der Waals surface area contributed by atoms with Gasteiger partial charge in [0, 0.05) is 12.6 Å². The lowest BCUT2D eigenvalue weighted by atomic mass is 9.88. The molecule has 2 aliphatic rings. The summed E-state index contributed by atoms with van der Waals surface area (Å²) >= 11 is 0. The van der Waals surface area contributed by atoms with Crippen LogP contribution in [-0.4, -0.2) is 47.4 Å². The molecule has 0 radical (unpaired) electrons. The molecule has 1 aliphatic carbocycles. The molecule has 2 rings (SSSR count). The first-order valence-electron chi connectivity index (χ1n) is 9.05. The Balaban J connectivity index is 2.02. The van der Waals surface area contributed by atoms with Crippen LogP contribution in [0.2, 0.25) is 0 Å². The highest BCUT2D eigenvalue weighted by Gasteiger charge is 2.40. The van der Waals surface area contributed by atoms with Crippen molar-refractivity contribution < 1.29 is 19.4 Å². The molecule has 132 valence electrons. The minimum atomic E-state index is -0.829. The van der Waals surface area contributed by atoms with Crippen LogP contribution >= 0.6 is 0 Å². The monoisotopic (exact) mass is 326 g/mol. The summed E-state index contributed by atoms with van der Waals surface area (Å²) in [4.78, 5) is 25.9. The Kier molecular flexibility index (Phi) is 7.15. The molecule has 1 aliphatic heterocycles. The molecule has 6 heteroatoms. The van der Waals surface area contributed by atoms with Gasteiger partial charge < -0.3 is 15.2 Å². The smallest absolute Gasteiger partial charge is 0.408 e. The van der Waals surface area contributed by atoms with Crippen LogP contribution in [0.4, 0.5) is 4.79 Å². The molecule has 1 saturated heterocycles. The highest BCUT2D eigenvalue weighted by molar-refractivity contribution is 5.73. The maximum atomic E-state index is 12.0. The molecule has 0 aromatic heterocycles. The third-order valence-corrected chi connectivity index (χ3v) is 5.03. The summed E-state index contributed by atoms with van der Waals surface area (Å²) in [5.74, 6) is -1.38. The number of amides is 1. The highest BCUT2D eigenvalue weighted by Crippen LogP contribution is 2.30. The van der Waals surface area contributed by atoms with Crippen molar-refractivity contribution in [3.63, 3.8) is 0 Å². The van der Waals surface area contributed by atoms with Crippen LogP contribution in [0.1, 0.15) is 64.7 Å². The molecule has 0 spiro atoms. The fraction of sp³-hybridized carbons (Fsp3) is 0.882. The highest BCUT2D eigenvalue weighted by atomic mass is 16.5. The summed E-state index contributed by atoms with van der Waals surface area (Å²) in [6.45, 7) is 3.28. The van der Waals surface area contributed by atoms with Crippen LogP contribution in [0.3, 0.4) is 0 Å². The summed E-state index contributed by atoms with van der Waals surface area (Å²) in [6, 6.07) is 0.381. The Morgan fingerprint density at radius 1 is 1.17 bits per heavy atom. The summed E-state index contributed by atoms with van der Waals surface area (Å²) in [6.07, 6.45) is 8.15. The standard InChI is InChI=1S/C17H30N2O4/c1-2-3-12-23-17(22)18-15-14(16(20)21)10-7-11-19(15)13-8-5-4-6-9-13/h13-15H,2-12H2,1H3,(H,18,22)(H,20,21). The van der Waals surface area contributed by atoms with E-state index in [0.717, 1.165) is 38.6 Å². The van der Waals surface area contributed by atoms with Crippen molar-refractivity contribution in [2.24, 2.45) is 5.92 Å². The summed E-state index contributed by atoms with van der Waals surface area (Å²) in [7, 11) is 0. The molecular weight excluding hydrogens is 296 g/mol. The van der Waals surface area contributed by atoms with Gasteiger partial charge in [0.1, 0.15) is 0 Å². The summed E-state index contributed by atoms with van der Waals surface area (Å²) < 4.78 is 5.18. The van der Waals surface area contributed by atoms with E-state index in [0.29, 0.717) is 19.1 Å². The van der Waals surface area contributed by atoms with Crippen molar-refractivity contribution in [3.8, 4) is 0 Å². The molecule has 0 bridgehead atoms. The average molecular weight is 326 g/mol. The Labute approximate surface area is 138 Å². The topological polar surface area (TPSA) is 78.9 Å². The minimum Gasteiger partial charge on any atom is -0.481 e. The van der Waals surface area contributed by atoms with Crippen molar-refractivity contribution in [2.45, 2.75) is 76.9 Å². The van der Waals surface area contributed by atoms with Gasteiger partial charge in [0.15, 0.2) is 0 Å². The molecule has 1 saturated carbocycles. The molecule has 2 fully saturated rings. The number of likely N-dealkylation sites (tertiary alicyclic amines) is 1. The van der Waals surface area contributed by atoms with Gasteiger partial charge in [-0.2, -0.15) is 0 Å². The van der Waals surface area contributed by atoms with Gasteiger partial charge in [0.25, 0.3) is 0 Å². The fourth-order valence-electron chi connectivity index (χ4n) is 3.76. The van der Waals surface area contributed by atoms with Crippen molar-refractivity contribution in [1.82, 2.24) is 10.2 Å². The van der Waals surface area contributed by atoms with Gasteiger partial charge in [-0.1, -0.05) is 32.6 Å². The van der Waals surface area contributed by atoms with E-state index in [1.807, 2.05) is 6.92 Å². The Morgan fingerprint density at radius 2 is 1.91 bits per heavy atom. The fourth-order valence-corrected chi connectivity index (χ4v) is 3.76. The van der Waals surface area contributed by atoms with Crippen molar-refractivity contribution in [2.75, 3.05) is 13.2 Å².